The molecule has 0 radical (unpaired) electrons. The number of benzene rings is 1. The summed E-state index contributed by atoms with van der Waals surface area (Å²) < 4.78 is 53.6. The van der Waals surface area contributed by atoms with Crippen LogP contribution < -0.4 is 10.3 Å². The molecule has 36 heavy (non-hydrogen) atoms. The fraction of sp³-hybridized carbons (Fsp3) is 0.208. The smallest absolute Gasteiger partial charge is 0.274 e. The first-order valence-corrected chi connectivity index (χ1v) is 12.1. The van der Waals surface area contributed by atoms with Crippen LogP contribution in [0.5, 0.6) is 0 Å². The molecule has 0 spiro atoms. The van der Waals surface area contributed by atoms with Gasteiger partial charge in [-0.2, -0.15) is 0 Å². The van der Waals surface area contributed by atoms with Crippen molar-refractivity contribution in [1.82, 2.24) is 28.8 Å². The van der Waals surface area contributed by atoms with Crippen LogP contribution in [0.2, 0.25) is 0 Å². The Balaban J connectivity index is 1.71. The van der Waals surface area contributed by atoms with E-state index in [4.69, 9.17) is 9.54 Å². The third-order valence-electron chi connectivity index (χ3n) is 6.03. The second kappa shape index (κ2) is 9.37. The number of aromatic nitrogens is 5. The number of aryl methyl sites for hydroxylation is 2. The molecule has 12 heteroatoms. The number of fused-ring (bicyclic) bond motifs is 2. The number of hydrogen-bond donors (Lipinski definition) is 3. The largest absolute Gasteiger partial charge is 0.357 e. The van der Waals surface area contributed by atoms with Gasteiger partial charge < -0.3 is 14.1 Å². The van der Waals surface area contributed by atoms with Crippen LogP contribution >= 0.6 is 0 Å². The van der Waals surface area contributed by atoms with E-state index in [1.54, 1.807) is 37.0 Å². The van der Waals surface area contributed by atoms with E-state index in [9.17, 15) is 17.8 Å². The zero-order chi connectivity index (χ0) is 25.6. The lowest BCUT2D eigenvalue weighted by Crippen LogP contribution is -2.19. The Hall–Kier alpha value is -3.74. The van der Waals surface area contributed by atoms with Gasteiger partial charge in [-0.25, -0.2) is 27.7 Å². The lowest BCUT2D eigenvalue weighted by Gasteiger charge is -2.12. The third kappa shape index (κ3) is 4.45. The minimum Gasteiger partial charge on any atom is -0.357 e. The topological polar surface area (TPSA) is 118 Å². The maximum atomic E-state index is 13.8. The molecule has 5 rings (SSSR count). The molecule has 4 heterocycles. The lowest BCUT2D eigenvalue weighted by molar-refractivity contribution is 0.549. The average Bonchev–Trinajstić information content (AvgIpc) is 3.41. The van der Waals surface area contributed by atoms with E-state index in [0.717, 1.165) is 11.6 Å². The maximum Gasteiger partial charge on any atom is 0.274 e. The lowest BCUT2D eigenvalue weighted by atomic mass is 10.0. The molecule has 5 aromatic rings. The highest BCUT2D eigenvalue weighted by Gasteiger charge is 2.19. The number of H-pyrrole nitrogens is 1. The fourth-order valence-electron chi connectivity index (χ4n) is 4.41. The number of nitrogens with one attached hydrogen (secondary N) is 2. The van der Waals surface area contributed by atoms with Gasteiger partial charge in [-0.1, -0.05) is 0 Å². The summed E-state index contributed by atoms with van der Waals surface area (Å²) >= 11 is -2.17. The Labute approximate surface area is 206 Å². The molecule has 0 amide bonds. The molecule has 0 fully saturated rings. The molecule has 9 nitrogen and oxygen atoms in total. The molecule has 0 saturated carbocycles. The summed E-state index contributed by atoms with van der Waals surface area (Å²) in [6.45, 7) is 2.12. The second-order valence-corrected chi connectivity index (χ2v) is 9.27. The number of nitrogens with zero attached hydrogens (tertiary/aromatic N) is 4. The second-order valence-electron chi connectivity index (χ2n) is 8.48. The van der Waals surface area contributed by atoms with Crippen molar-refractivity contribution in [2.45, 2.75) is 19.9 Å². The standard InChI is InChI=1S/C24H22F2N6O3S/c1-13-29-21-15(3-6-28-36(34)35)9-20(19-12-31(2)24(33)22-18(19)4-5-27-22)30-23(21)32(13)11-14-7-16(25)10-17(26)8-14/h4-5,7-10,12,27-28H,3,6,11H2,1-2H3,(H,34,35). The Kier molecular flexibility index (Phi) is 6.24. The first kappa shape index (κ1) is 24.0. The highest BCUT2D eigenvalue weighted by Crippen LogP contribution is 2.30. The zero-order valence-corrected chi connectivity index (χ0v) is 20.2. The van der Waals surface area contributed by atoms with Gasteiger partial charge in [0.1, 0.15) is 28.5 Å². The molecule has 0 aliphatic heterocycles. The minimum absolute atomic E-state index is 0.138. The summed E-state index contributed by atoms with van der Waals surface area (Å²) in [5.74, 6) is -0.763. The summed E-state index contributed by atoms with van der Waals surface area (Å²) in [6, 6.07) is 6.98. The molecule has 4 aromatic heterocycles. The van der Waals surface area contributed by atoms with Crippen molar-refractivity contribution in [3.8, 4) is 11.3 Å². The molecule has 0 bridgehead atoms. The van der Waals surface area contributed by atoms with E-state index < -0.39 is 22.9 Å². The van der Waals surface area contributed by atoms with Gasteiger partial charge in [0.25, 0.3) is 5.56 Å². The van der Waals surface area contributed by atoms with Gasteiger partial charge in [-0.15, -0.1) is 0 Å². The predicted octanol–water partition coefficient (Wildman–Crippen LogP) is 3.18. The van der Waals surface area contributed by atoms with Crippen LogP contribution in [0.4, 0.5) is 8.78 Å². The molecule has 1 atom stereocenters. The van der Waals surface area contributed by atoms with Crippen molar-refractivity contribution < 1.29 is 17.5 Å². The molecule has 0 aliphatic rings. The zero-order valence-electron chi connectivity index (χ0n) is 19.4. The van der Waals surface area contributed by atoms with Crippen molar-refractivity contribution >= 4 is 33.3 Å². The molecule has 0 aliphatic carbocycles. The number of aromatic amines is 1. The number of pyridine rings is 2. The van der Waals surface area contributed by atoms with Crippen molar-refractivity contribution in [3.63, 3.8) is 0 Å². The van der Waals surface area contributed by atoms with E-state index >= 15 is 0 Å². The number of imidazole rings is 1. The first-order chi connectivity index (χ1) is 17.2. The van der Waals surface area contributed by atoms with Crippen LogP contribution in [0.25, 0.3) is 33.3 Å². The van der Waals surface area contributed by atoms with Gasteiger partial charge in [0.2, 0.25) is 11.3 Å². The number of halogens is 2. The van der Waals surface area contributed by atoms with E-state index in [2.05, 4.69) is 14.7 Å². The van der Waals surface area contributed by atoms with E-state index in [1.807, 2.05) is 6.07 Å². The molecule has 186 valence electrons. The summed E-state index contributed by atoms with van der Waals surface area (Å²) in [6.07, 6.45) is 3.75. The van der Waals surface area contributed by atoms with Gasteiger partial charge >= 0.3 is 0 Å². The first-order valence-electron chi connectivity index (χ1n) is 11.0. The maximum absolute atomic E-state index is 13.8. The number of hydrogen-bond acceptors (Lipinski definition) is 4. The van der Waals surface area contributed by atoms with Crippen LogP contribution in [0.1, 0.15) is 17.0 Å². The van der Waals surface area contributed by atoms with Crippen LogP contribution in [0.3, 0.4) is 0 Å². The monoisotopic (exact) mass is 512 g/mol. The van der Waals surface area contributed by atoms with Crippen LogP contribution in [-0.4, -0.2) is 39.4 Å². The van der Waals surface area contributed by atoms with Crippen molar-refractivity contribution in [2.24, 2.45) is 7.05 Å². The minimum atomic E-state index is -2.17. The molecule has 1 aromatic carbocycles. The normalized spacial score (nSPS) is 12.6. The highest BCUT2D eigenvalue weighted by molar-refractivity contribution is 7.77. The van der Waals surface area contributed by atoms with Gasteiger partial charge in [0, 0.05) is 43.0 Å². The third-order valence-corrected chi connectivity index (χ3v) is 6.48. The molecular formula is C24H22F2N6O3S. The Morgan fingerprint density at radius 2 is 1.92 bits per heavy atom. The Morgan fingerprint density at radius 1 is 1.17 bits per heavy atom. The number of rotatable bonds is 7. The fourth-order valence-corrected chi connectivity index (χ4v) is 4.69. The molecule has 3 N–H and O–H groups in total. The predicted molar refractivity (Wildman–Crippen MR) is 133 cm³/mol. The van der Waals surface area contributed by atoms with Gasteiger partial charge in [0.15, 0.2) is 5.65 Å². The highest BCUT2D eigenvalue weighted by atomic mass is 32.2. The Bertz CT molecular complexity index is 1690. The van der Waals surface area contributed by atoms with E-state index in [1.165, 1.54) is 16.7 Å². The van der Waals surface area contributed by atoms with Crippen LogP contribution in [-0.2, 0) is 31.3 Å². The summed E-state index contributed by atoms with van der Waals surface area (Å²) in [7, 11) is 1.65. The van der Waals surface area contributed by atoms with Crippen molar-refractivity contribution in [1.29, 1.82) is 0 Å². The molecule has 1 unspecified atom stereocenters. The van der Waals surface area contributed by atoms with Crippen LogP contribution in [0, 0.1) is 18.6 Å². The van der Waals surface area contributed by atoms with E-state index in [0.29, 0.717) is 51.1 Å². The van der Waals surface area contributed by atoms with Crippen molar-refractivity contribution in [2.75, 3.05) is 6.54 Å². The SMILES string of the molecule is Cc1nc2c(CCNS(=O)O)cc(-c3cn(C)c(=O)c4[nH]ccc34)nc2n1Cc1cc(F)cc(F)c1. The average molecular weight is 513 g/mol. The van der Waals surface area contributed by atoms with Crippen molar-refractivity contribution in [3.05, 3.63) is 81.7 Å². The van der Waals surface area contributed by atoms with Gasteiger partial charge in [-0.05, 0) is 48.7 Å². The van der Waals surface area contributed by atoms with Crippen LogP contribution in [0.15, 0.2) is 47.5 Å². The summed E-state index contributed by atoms with van der Waals surface area (Å²) in [5, 5.41) is 0.695. The molecule has 0 saturated heterocycles. The Morgan fingerprint density at radius 3 is 2.64 bits per heavy atom. The van der Waals surface area contributed by atoms with Gasteiger partial charge in [-0.3, -0.25) is 9.35 Å². The summed E-state index contributed by atoms with van der Waals surface area (Å²) in [4.78, 5) is 25.0. The quantitative estimate of drug-likeness (QED) is 0.290. The summed E-state index contributed by atoms with van der Waals surface area (Å²) in [5.41, 5.74) is 3.78. The van der Waals surface area contributed by atoms with E-state index in [-0.39, 0.29) is 18.6 Å². The van der Waals surface area contributed by atoms with Gasteiger partial charge in [0.05, 0.1) is 12.2 Å². The molecular weight excluding hydrogens is 490 g/mol.